The molecule has 2 rings (SSSR count). The maximum atomic E-state index is 10.9. The number of carbonyl (C=O) groups excluding carboxylic acids is 1. The lowest BCUT2D eigenvalue weighted by molar-refractivity contribution is 0.112. The minimum Gasteiger partial charge on any atom is -0.497 e. The van der Waals surface area contributed by atoms with E-state index in [-0.39, 0.29) is 0 Å². The van der Waals surface area contributed by atoms with Gasteiger partial charge in [0.1, 0.15) is 10.9 Å². The number of ether oxygens (including phenoxy) is 1. The number of halogens is 1. The number of aromatic nitrogens is 1. The van der Waals surface area contributed by atoms with Crippen LogP contribution in [0.15, 0.2) is 18.2 Å². The number of hydrogen-bond acceptors (Lipinski definition) is 2. The monoisotopic (exact) mass is 223 g/mol. The molecule has 0 unspecified atom stereocenters. The number of aryl methyl sites for hydroxylation is 1. The molecule has 0 fully saturated rings. The first kappa shape index (κ1) is 10.1. The summed E-state index contributed by atoms with van der Waals surface area (Å²) in [7, 11) is 3.42. The summed E-state index contributed by atoms with van der Waals surface area (Å²) in [4.78, 5) is 10.9. The molecule has 0 aliphatic carbocycles. The molecule has 1 aromatic heterocycles. The predicted octanol–water partition coefficient (Wildman–Crippen LogP) is 2.65. The molecule has 0 N–H and O–H groups in total. The van der Waals surface area contributed by atoms with E-state index in [0.29, 0.717) is 10.7 Å². The second-order valence-corrected chi connectivity index (χ2v) is 3.62. The van der Waals surface area contributed by atoms with Crippen LogP contribution in [0.3, 0.4) is 0 Å². The first-order valence-corrected chi connectivity index (χ1v) is 4.84. The molecule has 0 atom stereocenters. The van der Waals surface area contributed by atoms with Crippen LogP contribution < -0.4 is 4.74 Å². The Bertz CT molecular complexity index is 531. The van der Waals surface area contributed by atoms with Crippen LogP contribution in [0.2, 0.25) is 5.15 Å². The molecule has 78 valence electrons. The number of rotatable bonds is 2. The van der Waals surface area contributed by atoms with Gasteiger partial charge in [0.05, 0.1) is 18.2 Å². The average Bonchev–Trinajstić information content (AvgIpc) is 2.51. The van der Waals surface area contributed by atoms with Crippen molar-refractivity contribution in [3.63, 3.8) is 0 Å². The first-order chi connectivity index (χ1) is 7.19. The Morgan fingerprint density at radius 3 is 2.80 bits per heavy atom. The van der Waals surface area contributed by atoms with E-state index in [1.54, 1.807) is 11.7 Å². The van der Waals surface area contributed by atoms with Crippen molar-refractivity contribution in [2.75, 3.05) is 7.11 Å². The molecule has 0 spiro atoms. The van der Waals surface area contributed by atoms with Gasteiger partial charge in [0.2, 0.25) is 0 Å². The molecule has 1 heterocycles. The topological polar surface area (TPSA) is 31.2 Å². The summed E-state index contributed by atoms with van der Waals surface area (Å²) in [6.07, 6.45) is 0.775. The fraction of sp³-hybridized carbons (Fsp3) is 0.182. The summed E-state index contributed by atoms with van der Waals surface area (Å²) in [6.45, 7) is 0. The number of fused-ring (bicyclic) bond motifs is 1. The Hall–Kier alpha value is -1.48. The van der Waals surface area contributed by atoms with Crippen LogP contribution in [0.1, 0.15) is 10.4 Å². The Kier molecular flexibility index (Phi) is 2.40. The second-order valence-electron chi connectivity index (χ2n) is 3.26. The SMILES string of the molecule is COc1ccc2c(C=O)c(Cl)n(C)c2c1. The van der Waals surface area contributed by atoms with Gasteiger partial charge in [0.15, 0.2) is 6.29 Å². The molecule has 4 heteroatoms. The van der Waals surface area contributed by atoms with E-state index >= 15 is 0 Å². The van der Waals surface area contributed by atoms with E-state index in [9.17, 15) is 4.79 Å². The largest absolute Gasteiger partial charge is 0.497 e. The Balaban J connectivity index is 2.84. The molecule has 0 bridgehead atoms. The third-order valence-electron chi connectivity index (χ3n) is 2.49. The van der Waals surface area contributed by atoms with Crippen LogP contribution in [0.5, 0.6) is 5.75 Å². The van der Waals surface area contributed by atoms with E-state index in [1.807, 2.05) is 25.2 Å². The Labute approximate surface area is 92.2 Å². The molecule has 0 saturated heterocycles. The zero-order valence-electron chi connectivity index (χ0n) is 8.45. The van der Waals surface area contributed by atoms with Gasteiger partial charge < -0.3 is 9.30 Å². The molecule has 2 aromatic rings. The standard InChI is InChI=1S/C11H10ClNO2/c1-13-10-5-7(15-2)3-4-8(10)9(6-14)11(13)12/h3-6H,1-2H3. The van der Waals surface area contributed by atoms with Crippen molar-refractivity contribution in [3.8, 4) is 5.75 Å². The number of methoxy groups -OCH3 is 1. The lowest BCUT2D eigenvalue weighted by Crippen LogP contribution is -1.88. The summed E-state index contributed by atoms with van der Waals surface area (Å²) in [5.74, 6) is 0.747. The molecule has 0 saturated carbocycles. The molecular weight excluding hydrogens is 214 g/mol. The molecular formula is C11H10ClNO2. The van der Waals surface area contributed by atoms with Crippen LogP contribution in [-0.4, -0.2) is 18.0 Å². The first-order valence-electron chi connectivity index (χ1n) is 4.46. The van der Waals surface area contributed by atoms with Crippen LogP contribution in [0, 0.1) is 0 Å². The summed E-state index contributed by atoms with van der Waals surface area (Å²) >= 11 is 6.02. The van der Waals surface area contributed by atoms with Gasteiger partial charge in [-0.15, -0.1) is 0 Å². The van der Waals surface area contributed by atoms with E-state index in [0.717, 1.165) is 22.9 Å². The predicted molar refractivity (Wildman–Crippen MR) is 59.9 cm³/mol. The highest BCUT2D eigenvalue weighted by molar-refractivity contribution is 6.34. The number of hydrogen-bond donors (Lipinski definition) is 0. The molecule has 0 radical (unpaired) electrons. The van der Waals surface area contributed by atoms with Crippen LogP contribution >= 0.6 is 11.6 Å². The van der Waals surface area contributed by atoms with Gasteiger partial charge in [0.25, 0.3) is 0 Å². The molecule has 0 amide bonds. The van der Waals surface area contributed by atoms with Crippen LogP contribution in [-0.2, 0) is 7.05 Å². The van der Waals surface area contributed by atoms with Crippen molar-refractivity contribution in [1.29, 1.82) is 0 Å². The zero-order valence-corrected chi connectivity index (χ0v) is 9.21. The van der Waals surface area contributed by atoms with E-state index in [4.69, 9.17) is 16.3 Å². The minimum atomic E-state index is 0.452. The van der Waals surface area contributed by atoms with Crippen molar-refractivity contribution in [2.45, 2.75) is 0 Å². The Morgan fingerprint density at radius 1 is 1.47 bits per heavy atom. The highest BCUT2D eigenvalue weighted by Crippen LogP contribution is 2.30. The van der Waals surface area contributed by atoms with Gasteiger partial charge in [-0.05, 0) is 12.1 Å². The fourth-order valence-electron chi connectivity index (χ4n) is 1.65. The second kappa shape index (κ2) is 3.59. The quantitative estimate of drug-likeness (QED) is 0.733. The number of aldehydes is 1. The van der Waals surface area contributed by atoms with Crippen molar-refractivity contribution < 1.29 is 9.53 Å². The maximum absolute atomic E-state index is 10.9. The van der Waals surface area contributed by atoms with Crippen molar-refractivity contribution in [3.05, 3.63) is 28.9 Å². The maximum Gasteiger partial charge on any atom is 0.153 e. The van der Waals surface area contributed by atoms with Gasteiger partial charge in [-0.2, -0.15) is 0 Å². The third-order valence-corrected chi connectivity index (χ3v) is 2.95. The van der Waals surface area contributed by atoms with E-state index < -0.39 is 0 Å². The lowest BCUT2D eigenvalue weighted by atomic mass is 10.2. The number of carbonyl (C=O) groups is 1. The minimum absolute atomic E-state index is 0.452. The molecule has 1 aromatic carbocycles. The summed E-state index contributed by atoms with van der Waals surface area (Å²) < 4.78 is 6.88. The normalized spacial score (nSPS) is 10.6. The highest BCUT2D eigenvalue weighted by atomic mass is 35.5. The Morgan fingerprint density at radius 2 is 2.20 bits per heavy atom. The zero-order chi connectivity index (χ0) is 11.0. The smallest absolute Gasteiger partial charge is 0.153 e. The van der Waals surface area contributed by atoms with E-state index in [2.05, 4.69) is 0 Å². The molecule has 0 aliphatic heterocycles. The number of benzene rings is 1. The van der Waals surface area contributed by atoms with Crippen molar-refractivity contribution in [2.24, 2.45) is 7.05 Å². The lowest BCUT2D eigenvalue weighted by Gasteiger charge is -2.01. The molecule has 3 nitrogen and oxygen atoms in total. The van der Waals surface area contributed by atoms with Crippen LogP contribution in [0.4, 0.5) is 0 Å². The third kappa shape index (κ3) is 1.39. The van der Waals surface area contributed by atoms with Crippen LogP contribution in [0.25, 0.3) is 10.9 Å². The van der Waals surface area contributed by atoms with Gasteiger partial charge >= 0.3 is 0 Å². The van der Waals surface area contributed by atoms with Gasteiger partial charge in [-0.25, -0.2) is 0 Å². The van der Waals surface area contributed by atoms with Gasteiger partial charge in [-0.1, -0.05) is 11.6 Å². The molecule has 0 aliphatic rings. The van der Waals surface area contributed by atoms with Gasteiger partial charge in [-0.3, -0.25) is 4.79 Å². The fourth-order valence-corrected chi connectivity index (χ4v) is 1.89. The summed E-state index contributed by atoms with van der Waals surface area (Å²) in [5.41, 5.74) is 1.42. The summed E-state index contributed by atoms with van der Waals surface area (Å²) in [5, 5.41) is 1.30. The van der Waals surface area contributed by atoms with E-state index in [1.165, 1.54) is 0 Å². The van der Waals surface area contributed by atoms with Crippen molar-refractivity contribution >= 4 is 28.8 Å². The van der Waals surface area contributed by atoms with Crippen molar-refractivity contribution in [1.82, 2.24) is 4.57 Å². The summed E-state index contributed by atoms with van der Waals surface area (Å²) in [6, 6.07) is 5.50. The number of nitrogens with zero attached hydrogens (tertiary/aromatic N) is 1. The highest BCUT2D eigenvalue weighted by Gasteiger charge is 2.12. The average molecular weight is 224 g/mol. The molecule has 15 heavy (non-hydrogen) atoms. The van der Waals surface area contributed by atoms with Gasteiger partial charge in [0, 0.05) is 18.5 Å².